The van der Waals surface area contributed by atoms with Gasteiger partial charge in [-0.3, -0.25) is 19.4 Å². The number of carboxylic acid groups (broad SMARTS) is 1. The molecule has 2 N–H and O–H groups in total. The summed E-state index contributed by atoms with van der Waals surface area (Å²) in [6.07, 6.45) is 0.855. The van der Waals surface area contributed by atoms with Crippen molar-refractivity contribution in [2.75, 3.05) is 13.1 Å². The first kappa shape index (κ1) is 23.0. The molecule has 2 aromatic rings. The fourth-order valence-corrected chi connectivity index (χ4v) is 4.97. The maximum Gasteiger partial charge on any atom is 0.490 e. The van der Waals surface area contributed by atoms with Crippen molar-refractivity contribution in [3.63, 3.8) is 0 Å². The SMILES string of the molecule is Cn1cc(CN2C[C@H]3CC[C@@]4(N=C(c5ccccc5)NC4=O)[C@H]3C2)cn1.O=C(O)C(F)(F)F. The molecule has 3 heterocycles. The highest BCUT2D eigenvalue weighted by molar-refractivity contribution is 6.15. The van der Waals surface area contributed by atoms with Crippen molar-refractivity contribution in [3.8, 4) is 0 Å². The lowest BCUT2D eigenvalue weighted by atomic mass is 9.85. The molecule has 1 aromatic carbocycles. The number of carboxylic acids is 1. The van der Waals surface area contributed by atoms with E-state index in [1.54, 1.807) is 0 Å². The molecule has 0 unspecified atom stereocenters. The van der Waals surface area contributed by atoms with Crippen molar-refractivity contribution in [1.29, 1.82) is 0 Å². The summed E-state index contributed by atoms with van der Waals surface area (Å²) in [5.41, 5.74) is 1.65. The molecule has 3 atom stereocenters. The Hall–Kier alpha value is -3.21. The van der Waals surface area contributed by atoms with Crippen LogP contribution in [0, 0.1) is 11.8 Å². The van der Waals surface area contributed by atoms with Crippen LogP contribution in [0.5, 0.6) is 0 Å². The predicted octanol–water partition coefficient (Wildman–Crippen LogP) is 2.21. The Morgan fingerprint density at radius 1 is 1.27 bits per heavy atom. The van der Waals surface area contributed by atoms with E-state index in [0.29, 0.717) is 11.8 Å². The van der Waals surface area contributed by atoms with Gasteiger partial charge >= 0.3 is 12.1 Å². The number of amidine groups is 1. The highest BCUT2D eigenvalue weighted by Crippen LogP contribution is 2.49. The van der Waals surface area contributed by atoms with Crippen molar-refractivity contribution >= 4 is 17.7 Å². The number of benzene rings is 1. The molecule has 0 radical (unpaired) electrons. The van der Waals surface area contributed by atoms with Gasteiger partial charge in [0, 0.05) is 49.9 Å². The van der Waals surface area contributed by atoms with Crippen LogP contribution >= 0.6 is 0 Å². The second kappa shape index (κ2) is 8.62. The number of carbonyl (C=O) groups is 2. The van der Waals surface area contributed by atoms with E-state index in [2.05, 4.69) is 21.5 Å². The van der Waals surface area contributed by atoms with Gasteiger partial charge in [0.05, 0.1) is 6.20 Å². The first-order chi connectivity index (χ1) is 15.6. The van der Waals surface area contributed by atoms with Gasteiger partial charge in [-0.15, -0.1) is 0 Å². The highest BCUT2D eigenvalue weighted by atomic mass is 19.4. The fourth-order valence-electron chi connectivity index (χ4n) is 4.97. The molecule has 3 aliphatic rings. The molecule has 1 spiro atoms. The summed E-state index contributed by atoms with van der Waals surface area (Å²) >= 11 is 0. The monoisotopic (exact) mass is 463 g/mol. The number of likely N-dealkylation sites (tertiary alicyclic amines) is 1. The van der Waals surface area contributed by atoms with Gasteiger partial charge < -0.3 is 10.4 Å². The fraction of sp³-hybridized carbons (Fsp3) is 0.455. The maximum absolute atomic E-state index is 12.9. The van der Waals surface area contributed by atoms with E-state index < -0.39 is 17.7 Å². The van der Waals surface area contributed by atoms with E-state index in [0.717, 1.165) is 43.9 Å². The molecule has 1 amide bonds. The molecule has 176 valence electrons. The van der Waals surface area contributed by atoms with Crippen molar-refractivity contribution in [3.05, 3.63) is 53.9 Å². The number of hydrogen-bond donors (Lipinski definition) is 2. The topological polar surface area (TPSA) is 99.8 Å². The van der Waals surface area contributed by atoms with Gasteiger partial charge in [0.1, 0.15) is 11.4 Å². The summed E-state index contributed by atoms with van der Waals surface area (Å²) < 4.78 is 33.6. The first-order valence-electron chi connectivity index (χ1n) is 10.6. The number of nitrogens with zero attached hydrogens (tertiary/aromatic N) is 4. The summed E-state index contributed by atoms with van der Waals surface area (Å²) in [6, 6.07) is 9.96. The minimum Gasteiger partial charge on any atom is -0.475 e. The number of aliphatic imine (C=N–C) groups is 1. The summed E-state index contributed by atoms with van der Waals surface area (Å²) in [5.74, 6) is -1.07. The zero-order valence-electron chi connectivity index (χ0n) is 17.9. The third-order valence-corrected chi connectivity index (χ3v) is 6.42. The minimum absolute atomic E-state index is 0.0899. The minimum atomic E-state index is -5.08. The quantitative estimate of drug-likeness (QED) is 0.727. The smallest absolute Gasteiger partial charge is 0.475 e. The lowest BCUT2D eigenvalue weighted by Gasteiger charge is -2.25. The Labute approximate surface area is 188 Å². The number of aryl methyl sites for hydroxylation is 1. The number of nitrogens with one attached hydrogen (secondary N) is 1. The summed E-state index contributed by atoms with van der Waals surface area (Å²) in [7, 11) is 1.94. The predicted molar refractivity (Wildman–Crippen MR) is 112 cm³/mol. The van der Waals surface area contributed by atoms with Crippen LogP contribution in [0.25, 0.3) is 0 Å². The zero-order chi connectivity index (χ0) is 23.8. The molecular weight excluding hydrogens is 439 g/mol. The zero-order valence-corrected chi connectivity index (χ0v) is 17.9. The van der Waals surface area contributed by atoms with Gasteiger partial charge in [-0.25, -0.2) is 4.79 Å². The van der Waals surface area contributed by atoms with E-state index >= 15 is 0 Å². The second-order valence-corrected chi connectivity index (χ2v) is 8.63. The largest absolute Gasteiger partial charge is 0.490 e. The number of fused-ring (bicyclic) bond motifs is 2. The van der Waals surface area contributed by atoms with E-state index in [1.165, 1.54) is 5.56 Å². The van der Waals surface area contributed by atoms with Crippen molar-refractivity contribution in [2.24, 2.45) is 23.9 Å². The average Bonchev–Trinajstić information content (AvgIpc) is 3.50. The number of aliphatic carboxylic acids is 1. The first-order valence-corrected chi connectivity index (χ1v) is 10.6. The summed E-state index contributed by atoms with van der Waals surface area (Å²) in [5, 5.41) is 14.4. The van der Waals surface area contributed by atoms with Crippen LogP contribution in [0.3, 0.4) is 0 Å². The number of aromatic nitrogens is 2. The van der Waals surface area contributed by atoms with Crippen LogP contribution in [0.15, 0.2) is 47.7 Å². The Kier molecular flexibility index (Phi) is 6.00. The third kappa shape index (κ3) is 4.63. The molecule has 2 fully saturated rings. The highest BCUT2D eigenvalue weighted by Gasteiger charge is 2.59. The molecule has 1 saturated heterocycles. The molecular formula is C22H24F3N5O3. The van der Waals surface area contributed by atoms with Gasteiger partial charge in [-0.05, 0) is 18.8 Å². The molecule has 0 bridgehead atoms. The Morgan fingerprint density at radius 2 is 1.97 bits per heavy atom. The molecule has 1 saturated carbocycles. The standard InChI is InChI=1S/C20H23N5O.C2HF3O2/c1-24-10-14(9-21-24)11-25-12-16-7-8-20(17(16)13-25)19(26)22-18(23-20)15-5-3-2-4-6-15;3-2(4,5)1(6)7/h2-6,9-10,16-17H,7-8,11-13H2,1H3,(H,22,23,26);(H,6,7)/t16-,17+,20-;/m1./s1. The van der Waals surface area contributed by atoms with Crippen LogP contribution in [0.2, 0.25) is 0 Å². The molecule has 2 aliphatic heterocycles. The van der Waals surface area contributed by atoms with Crippen LogP contribution in [0.4, 0.5) is 13.2 Å². The molecule has 1 aliphatic carbocycles. The van der Waals surface area contributed by atoms with E-state index in [-0.39, 0.29) is 5.91 Å². The normalized spacial score (nSPS) is 26.5. The van der Waals surface area contributed by atoms with Crippen molar-refractivity contribution in [2.45, 2.75) is 31.1 Å². The van der Waals surface area contributed by atoms with E-state index in [9.17, 15) is 18.0 Å². The van der Waals surface area contributed by atoms with Gasteiger partial charge in [0.15, 0.2) is 0 Å². The summed E-state index contributed by atoms with van der Waals surface area (Å²) in [6.45, 7) is 2.87. The van der Waals surface area contributed by atoms with E-state index in [1.807, 2.05) is 48.3 Å². The number of alkyl halides is 3. The van der Waals surface area contributed by atoms with Crippen molar-refractivity contribution < 1.29 is 27.9 Å². The molecule has 8 nitrogen and oxygen atoms in total. The lowest BCUT2D eigenvalue weighted by molar-refractivity contribution is -0.192. The van der Waals surface area contributed by atoms with Crippen LogP contribution in [-0.2, 0) is 23.2 Å². The van der Waals surface area contributed by atoms with Gasteiger partial charge in [-0.1, -0.05) is 30.3 Å². The molecule has 33 heavy (non-hydrogen) atoms. The number of rotatable bonds is 3. The van der Waals surface area contributed by atoms with Gasteiger partial charge in [-0.2, -0.15) is 18.3 Å². The van der Waals surface area contributed by atoms with Gasteiger partial charge in [0.2, 0.25) is 0 Å². The number of carbonyl (C=O) groups excluding carboxylic acids is 1. The van der Waals surface area contributed by atoms with Crippen molar-refractivity contribution in [1.82, 2.24) is 20.0 Å². The molecule has 1 aromatic heterocycles. The number of halogens is 3. The van der Waals surface area contributed by atoms with Gasteiger partial charge in [0.25, 0.3) is 5.91 Å². The molecule has 11 heteroatoms. The Bertz CT molecular complexity index is 1070. The van der Waals surface area contributed by atoms with Crippen LogP contribution < -0.4 is 5.32 Å². The maximum atomic E-state index is 12.9. The van der Waals surface area contributed by atoms with Crippen LogP contribution in [-0.4, -0.2) is 62.3 Å². The number of amides is 1. The average molecular weight is 463 g/mol. The number of hydrogen-bond acceptors (Lipinski definition) is 5. The Morgan fingerprint density at radius 3 is 2.58 bits per heavy atom. The lowest BCUT2D eigenvalue weighted by Crippen LogP contribution is -2.44. The summed E-state index contributed by atoms with van der Waals surface area (Å²) in [4.78, 5) is 29.3. The Balaban J connectivity index is 0.000000325. The van der Waals surface area contributed by atoms with Crippen LogP contribution in [0.1, 0.15) is 24.0 Å². The van der Waals surface area contributed by atoms with E-state index in [4.69, 9.17) is 14.9 Å². The third-order valence-electron chi connectivity index (χ3n) is 6.42. The second-order valence-electron chi connectivity index (χ2n) is 8.63. The molecule has 5 rings (SSSR count).